The average Bonchev–Trinajstić information content (AvgIpc) is 2.45. The number of aliphatic hydroxyl groups excluding tert-OH is 1. The van der Waals surface area contributed by atoms with Crippen LogP contribution in [0.2, 0.25) is 0 Å². The van der Waals surface area contributed by atoms with E-state index in [-0.39, 0.29) is 24.5 Å². The molecule has 0 radical (unpaired) electrons. The minimum atomic E-state index is -0.106. The summed E-state index contributed by atoms with van der Waals surface area (Å²) in [6, 6.07) is -0.106. The normalized spacial score (nSPS) is 21.3. The summed E-state index contributed by atoms with van der Waals surface area (Å²) < 4.78 is 0. The zero-order valence-corrected chi connectivity index (χ0v) is 8.96. The lowest BCUT2D eigenvalue weighted by Crippen LogP contribution is -2.39. The first-order valence-corrected chi connectivity index (χ1v) is 5.65. The zero-order chi connectivity index (χ0) is 10.4. The van der Waals surface area contributed by atoms with E-state index in [0.717, 1.165) is 12.8 Å². The Morgan fingerprint density at radius 2 is 1.93 bits per heavy atom. The van der Waals surface area contributed by atoms with E-state index in [1.54, 1.807) is 0 Å². The highest BCUT2D eigenvalue weighted by Gasteiger charge is 2.20. The number of nitrogens with one attached hydrogen (secondary N) is 1. The van der Waals surface area contributed by atoms with E-state index < -0.39 is 0 Å². The topological polar surface area (TPSA) is 49.3 Å². The maximum atomic E-state index is 11.7. The lowest BCUT2D eigenvalue weighted by molar-refractivity contribution is -0.126. The van der Waals surface area contributed by atoms with Crippen LogP contribution < -0.4 is 5.32 Å². The van der Waals surface area contributed by atoms with Gasteiger partial charge in [0.05, 0.1) is 6.61 Å². The third-order valence-electron chi connectivity index (χ3n) is 2.89. The molecule has 1 rings (SSSR count). The Hall–Kier alpha value is -0.570. The second-order valence-electron chi connectivity index (χ2n) is 4.28. The lowest BCUT2D eigenvalue weighted by atomic mass is 9.99. The molecule has 0 aromatic carbocycles. The SMILES string of the molecule is C[C@@H](CO)NC(=O)C1CCCCCC1. The first kappa shape index (κ1) is 11.5. The van der Waals surface area contributed by atoms with Gasteiger partial charge in [0.1, 0.15) is 0 Å². The minimum Gasteiger partial charge on any atom is -0.394 e. The maximum absolute atomic E-state index is 11.7. The smallest absolute Gasteiger partial charge is 0.223 e. The number of hydrogen-bond donors (Lipinski definition) is 2. The third-order valence-corrected chi connectivity index (χ3v) is 2.89. The van der Waals surface area contributed by atoms with Crippen molar-refractivity contribution in [2.75, 3.05) is 6.61 Å². The van der Waals surface area contributed by atoms with Crippen LogP contribution in [0.3, 0.4) is 0 Å². The molecular formula is C11H21NO2. The molecule has 1 atom stereocenters. The van der Waals surface area contributed by atoms with Crippen molar-refractivity contribution in [3.63, 3.8) is 0 Å². The van der Waals surface area contributed by atoms with Crippen LogP contribution >= 0.6 is 0 Å². The van der Waals surface area contributed by atoms with Gasteiger partial charge in [-0.1, -0.05) is 25.7 Å². The Bertz CT molecular complexity index is 174. The monoisotopic (exact) mass is 199 g/mol. The molecule has 3 nitrogen and oxygen atoms in total. The number of amides is 1. The molecule has 1 amide bonds. The van der Waals surface area contributed by atoms with E-state index in [0.29, 0.717) is 0 Å². The van der Waals surface area contributed by atoms with E-state index in [9.17, 15) is 4.79 Å². The summed E-state index contributed by atoms with van der Waals surface area (Å²) >= 11 is 0. The summed E-state index contributed by atoms with van der Waals surface area (Å²) in [5, 5.41) is 11.7. The van der Waals surface area contributed by atoms with E-state index >= 15 is 0 Å². The largest absolute Gasteiger partial charge is 0.394 e. The van der Waals surface area contributed by atoms with E-state index in [2.05, 4.69) is 5.32 Å². The molecule has 1 aliphatic carbocycles. The Labute approximate surface area is 85.9 Å². The molecule has 82 valence electrons. The van der Waals surface area contributed by atoms with Gasteiger partial charge in [0.25, 0.3) is 0 Å². The van der Waals surface area contributed by atoms with Crippen LogP contribution in [0.25, 0.3) is 0 Å². The van der Waals surface area contributed by atoms with Crippen LogP contribution in [0.1, 0.15) is 45.4 Å². The highest BCUT2D eigenvalue weighted by atomic mass is 16.3. The van der Waals surface area contributed by atoms with Gasteiger partial charge in [-0.25, -0.2) is 0 Å². The molecule has 0 aliphatic heterocycles. The van der Waals surface area contributed by atoms with Crippen LogP contribution in [0, 0.1) is 5.92 Å². The van der Waals surface area contributed by atoms with Crippen LogP contribution in [0.5, 0.6) is 0 Å². The number of carbonyl (C=O) groups excluding carboxylic acids is 1. The standard InChI is InChI=1S/C11H21NO2/c1-9(8-13)12-11(14)10-6-4-2-3-5-7-10/h9-10,13H,2-8H2,1H3,(H,12,14)/t9-/m0/s1. The van der Waals surface area contributed by atoms with Gasteiger partial charge in [0.15, 0.2) is 0 Å². The molecule has 0 saturated heterocycles. The summed E-state index contributed by atoms with van der Waals surface area (Å²) in [7, 11) is 0. The lowest BCUT2D eigenvalue weighted by Gasteiger charge is -2.17. The fraction of sp³-hybridized carbons (Fsp3) is 0.909. The van der Waals surface area contributed by atoms with E-state index in [1.807, 2.05) is 6.92 Å². The average molecular weight is 199 g/mol. The molecule has 0 aromatic heterocycles. The van der Waals surface area contributed by atoms with Crippen molar-refractivity contribution in [3.8, 4) is 0 Å². The number of hydrogen-bond acceptors (Lipinski definition) is 2. The van der Waals surface area contributed by atoms with Gasteiger partial charge < -0.3 is 10.4 Å². The number of carbonyl (C=O) groups is 1. The summed E-state index contributed by atoms with van der Waals surface area (Å²) in [6.45, 7) is 1.85. The summed E-state index contributed by atoms with van der Waals surface area (Å²) in [6.07, 6.45) is 6.91. The van der Waals surface area contributed by atoms with Crippen molar-refractivity contribution in [2.24, 2.45) is 5.92 Å². The zero-order valence-electron chi connectivity index (χ0n) is 8.96. The van der Waals surface area contributed by atoms with Gasteiger partial charge in [-0.3, -0.25) is 4.79 Å². The quantitative estimate of drug-likeness (QED) is 0.676. The van der Waals surface area contributed by atoms with Gasteiger partial charge in [0.2, 0.25) is 5.91 Å². The van der Waals surface area contributed by atoms with Gasteiger partial charge in [0, 0.05) is 12.0 Å². The molecule has 0 unspecified atom stereocenters. The summed E-state index contributed by atoms with van der Waals surface area (Å²) in [5.74, 6) is 0.319. The number of rotatable bonds is 3. The molecule has 14 heavy (non-hydrogen) atoms. The summed E-state index contributed by atoms with van der Waals surface area (Å²) in [5.41, 5.74) is 0. The van der Waals surface area contributed by atoms with Gasteiger partial charge in [-0.05, 0) is 19.8 Å². The van der Waals surface area contributed by atoms with Crippen molar-refractivity contribution < 1.29 is 9.90 Å². The fourth-order valence-corrected chi connectivity index (χ4v) is 1.95. The predicted molar refractivity (Wildman–Crippen MR) is 55.9 cm³/mol. The predicted octanol–water partition coefficient (Wildman–Crippen LogP) is 1.45. The van der Waals surface area contributed by atoms with Crippen molar-refractivity contribution in [1.29, 1.82) is 0 Å². The van der Waals surface area contributed by atoms with Crippen LogP contribution in [0.15, 0.2) is 0 Å². The molecule has 0 heterocycles. The Kier molecular flexibility index (Phi) is 4.94. The molecule has 1 saturated carbocycles. The minimum absolute atomic E-state index is 0.0262. The van der Waals surface area contributed by atoms with Crippen molar-refractivity contribution in [1.82, 2.24) is 5.32 Å². The molecule has 0 aromatic rings. The Balaban J connectivity index is 2.34. The van der Waals surface area contributed by atoms with E-state index in [1.165, 1.54) is 25.7 Å². The van der Waals surface area contributed by atoms with Crippen LogP contribution in [-0.4, -0.2) is 23.7 Å². The molecule has 1 fully saturated rings. The second kappa shape index (κ2) is 6.02. The van der Waals surface area contributed by atoms with Crippen molar-refractivity contribution in [3.05, 3.63) is 0 Å². The van der Waals surface area contributed by atoms with E-state index in [4.69, 9.17) is 5.11 Å². The molecule has 1 aliphatic rings. The van der Waals surface area contributed by atoms with Crippen molar-refractivity contribution >= 4 is 5.91 Å². The highest BCUT2D eigenvalue weighted by molar-refractivity contribution is 5.78. The first-order chi connectivity index (χ1) is 6.74. The molecular weight excluding hydrogens is 178 g/mol. The van der Waals surface area contributed by atoms with Crippen LogP contribution in [0.4, 0.5) is 0 Å². The maximum Gasteiger partial charge on any atom is 0.223 e. The number of aliphatic hydroxyl groups is 1. The molecule has 3 heteroatoms. The fourth-order valence-electron chi connectivity index (χ4n) is 1.95. The van der Waals surface area contributed by atoms with Gasteiger partial charge in [-0.2, -0.15) is 0 Å². The van der Waals surface area contributed by atoms with Gasteiger partial charge >= 0.3 is 0 Å². The second-order valence-corrected chi connectivity index (χ2v) is 4.28. The van der Waals surface area contributed by atoms with Gasteiger partial charge in [-0.15, -0.1) is 0 Å². The first-order valence-electron chi connectivity index (χ1n) is 5.65. The molecule has 0 spiro atoms. The van der Waals surface area contributed by atoms with Crippen molar-refractivity contribution in [2.45, 2.75) is 51.5 Å². The third kappa shape index (κ3) is 3.66. The Morgan fingerprint density at radius 1 is 1.36 bits per heavy atom. The van der Waals surface area contributed by atoms with Crippen LogP contribution in [-0.2, 0) is 4.79 Å². The Morgan fingerprint density at radius 3 is 2.43 bits per heavy atom. The molecule has 2 N–H and O–H groups in total. The highest BCUT2D eigenvalue weighted by Crippen LogP contribution is 2.22. The summed E-state index contributed by atoms with van der Waals surface area (Å²) in [4.78, 5) is 11.7. The molecule has 0 bridgehead atoms.